The van der Waals surface area contributed by atoms with Crippen molar-refractivity contribution < 1.29 is 4.74 Å². The van der Waals surface area contributed by atoms with Gasteiger partial charge in [-0.3, -0.25) is 4.90 Å². The molecule has 34 heavy (non-hydrogen) atoms. The summed E-state index contributed by atoms with van der Waals surface area (Å²) < 4.78 is 7.88. The molecular formula is C29H38N4O. The third kappa shape index (κ3) is 4.51. The zero-order valence-electron chi connectivity index (χ0n) is 21.2. The Hall–Kier alpha value is -2.63. The molecule has 5 rings (SSSR count). The second-order valence-corrected chi connectivity index (χ2v) is 10.4. The number of ether oxygens (including phenoxy) is 1. The highest BCUT2D eigenvalue weighted by Gasteiger charge is 2.25. The van der Waals surface area contributed by atoms with Crippen molar-refractivity contribution in [1.82, 2.24) is 14.5 Å². The molecule has 1 aromatic heterocycles. The van der Waals surface area contributed by atoms with E-state index in [1.54, 1.807) is 0 Å². The van der Waals surface area contributed by atoms with Gasteiger partial charge in [0.25, 0.3) is 0 Å². The van der Waals surface area contributed by atoms with Crippen LogP contribution in [0.4, 0.5) is 5.69 Å². The van der Waals surface area contributed by atoms with E-state index >= 15 is 0 Å². The van der Waals surface area contributed by atoms with Crippen LogP contribution >= 0.6 is 0 Å². The monoisotopic (exact) mass is 458 g/mol. The normalized spacial score (nSPS) is 17.1. The summed E-state index contributed by atoms with van der Waals surface area (Å²) in [6.07, 6.45) is 2.14. The van der Waals surface area contributed by atoms with Crippen LogP contribution in [0.5, 0.6) is 0 Å². The van der Waals surface area contributed by atoms with E-state index in [1.165, 1.54) is 33.8 Å². The fourth-order valence-electron chi connectivity index (χ4n) is 5.21. The molecule has 0 spiro atoms. The van der Waals surface area contributed by atoms with E-state index in [-0.39, 0.29) is 5.41 Å². The van der Waals surface area contributed by atoms with Crippen molar-refractivity contribution >= 4 is 5.69 Å². The molecule has 0 radical (unpaired) electrons. The maximum Gasteiger partial charge on any atom is 0.140 e. The lowest BCUT2D eigenvalue weighted by molar-refractivity contribution is 0.122. The first-order valence-corrected chi connectivity index (χ1v) is 12.7. The molecule has 0 amide bonds. The van der Waals surface area contributed by atoms with Crippen molar-refractivity contribution in [3.8, 4) is 11.4 Å². The lowest BCUT2D eigenvalue weighted by atomic mass is 9.82. The molecule has 2 aliphatic heterocycles. The van der Waals surface area contributed by atoms with Gasteiger partial charge >= 0.3 is 0 Å². The minimum absolute atomic E-state index is 0.206. The van der Waals surface area contributed by atoms with Crippen LogP contribution in [0, 0.1) is 0 Å². The number of rotatable bonds is 6. The van der Waals surface area contributed by atoms with Gasteiger partial charge in [-0.15, -0.1) is 0 Å². The summed E-state index contributed by atoms with van der Waals surface area (Å²) in [6, 6.07) is 17.9. The molecule has 0 bridgehead atoms. The van der Waals surface area contributed by atoms with E-state index in [0.29, 0.717) is 0 Å². The number of para-hydroxylation sites is 1. The Balaban J connectivity index is 1.34. The number of benzene rings is 2. The highest BCUT2D eigenvalue weighted by Crippen LogP contribution is 2.31. The van der Waals surface area contributed by atoms with Gasteiger partial charge in [0.15, 0.2) is 0 Å². The van der Waals surface area contributed by atoms with Gasteiger partial charge in [0.05, 0.1) is 24.6 Å². The van der Waals surface area contributed by atoms with Crippen molar-refractivity contribution in [1.29, 1.82) is 0 Å². The van der Waals surface area contributed by atoms with Crippen molar-refractivity contribution in [3.05, 3.63) is 71.0 Å². The van der Waals surface area contributed by atoms with E-state index in [1.807, 2.05) is 0 Å². The number of morpholine rings is 1. The van der Waals surface area contributed by atoms with Gasteiger partial charge in [-0.2, -0.15) is 0 Å². The van der Waals surface area contributed by atoms with Gasteiger partial charge in [-0.25, -0.2) is 4.98 Å². The highest BCUT2D eigenvalue weighted by molar-refractivity contribution is 5.58. The summed E-state index contributed by atoms with van der Waals surface area (Å²) in [5.41, 5.74) is 8.18. The summed E-state index contributed by atoms with van der Waals surface area (Å²) in [5.74, 6) is 1.08. The van der Waals surface area contributed by atoms with E-state index in [4.69, 9.17) is 9.72 Å². The minimum Gasteiger partial charge on any atom is -0.378 e. The van der Waals surface area contributed by atoms with Crippen LogP contribution in [-0.4, -0.2) is 47.3 Å². The molecule has 2 aliphatic rings. The SMILES string of the molecule is CCC(C)(C)c1ccc(-c2nc3c(n2C)CN(Cc2ccccc2N2CCOCC2)CC3)cc1. The van der Waals surface area contributed by atoms with E-state index in [9.17, 15) is 0 Å². The van der Waals surface area contributed by atoms with Crippen molar-refractivity contribution in [2.45, 2.75) is 52.1 Å². The standard InChI is InChI=1S/C29H38N4O/c1-5-29(2,3)24-12-10-22(11-13-24)28-30-25-14-15-32(21-27(25)31(28)4)20-23-8-6-7-9-26(23)33-16-18-34-19-17-33/h6-13H,5,14-21H2,1-4H3. The molecule has 0 atom stereocenters. The number of nitrogens with zero attached hydrogens (tertiary/aromatic N) is 4. The Kier molecular flexibility index (Phi) is 6.50. The molecule has 1 saturated heterocycles. The molecule has 0 unspecified atom stereocenters. The minimum atomic E-state index is 0.206. The molecule has 3 heterocycles. The van der Waals surface area contributed by atoms with Gasteiger partial charge in [-0.05, 0) is 29.0 Å². The molecule has 0 aliphatic carbocycles. The zero-order valence-corrected chi connectivity index (χ0v) is 21.2. The molecule has 180 valence electrons. The predicted molar refractivity (Wildman–Crippen MR) is 139 cm³/mol. The Morgan fingerprint density at radius 3 is 2.44 bits per heavy atom. The first kappa shape index (κ1) is 23.1. The van der Waals surface area contributed by atoms with Gasteiger partial charge in [0, 0.05) is 57.4 Å². The second kappa shape index (κ2) is 9.55. The van der Waals surface area contributed by atoms with Gasteiger partial charge in [0.1, 0.15) is 5.82 Å². The Labute approximate surface area is 204 Å². The number of imidazole rings is 1. The van der Waals surface area contributed by atoms with Gasteiger partial charge < -0.3 is 14.2 Å². The summed E-state index contributed by atoms with van der Waals surface area (Å²) in [7, 11) is 2.18. The summed E-state index contributed by atoms with van der Waals surface area (Å²) in [5, 5.41) is 0. The largest absolute Gasteiger partial charge is 0.378 e. The average molecular weight is 459 g/mol. The quantitative estimate of drug-likeness (QED) is 0.510. The first-order chi connectivity index (χ1) is 16.5. The van der Waals surface area contributed by atoms with Gasteiger partial charge in [0.2, 0.25) is 0 Å². The molecular weight excluding hydrogens is 420 g/mol. The molecule has 0 saturated carbocycles. The fraction of sp³-hybridized carbons (Fsp3) is 0.483. The Morgan fingerprint density at radius 1 is 0.971 bits per heavy atom. The maximum atomic E-state index is 5.57. The lowest BCUT2D eigenvalue weighted by Gasteiger charge is -2.33. The first-order valence-electron chi connectivity index (χ1n) is 12.7. The van der Waals surface area contributed by atoms with Crippen LogP contribution in [-0.2, 0) is 36.7 Å². The molecule has 1 fully saturated rings. The van der Waals surface area contributed by atoms with E-state index < -0.39 is 0 Å². The third-order valence-electron chi connectivity index (χ3n) is 7.88. The fourth-order valence-corrected chi connectivity index (χ4v) is 5.21. The van der Waals surface area contributed by atoms with Gasteiger partial charge in [-0.1, -0.05) is 63.2 Å². The maximum absolute atomic E-state index is 5.57. The summed E-state index contributed by atoms with van der Waals surface area (Å²) in [4.78, 5) is 10.1. The second-order valence-electron chi connectivity index (χ2n) is 10.4. The van der Waals surface area contributed by atoms with Crippen LogP contribution in [0.25, 0.3) is 11.4 Å². The van der Waals surface area contributed by atoms with E-state index in [2.05, 4.69) is 90.7 Å². The van der Waals surface area contributed by atoms with E-state index in [0.717, 1.165) is 64.6 Å². The molecule has 5 nitrogen and oxygen atoms in total. The summed E-state index contributed by atoms with van der Waals surface area (Å²) >= 11 is 0. The predicted octanol–water partition coefficient (Wildman–Crippen LogP) is 5.17. The van der Waals surface area contributed by atoms with Crippen molar-refractivity contribution in [2.24, 2.45) is 7.05 Å². The van der Waals surface area contributed by atoms with Crippen molar-refractivity contribution in [3.63, 3.8) is 0 Å². The number of anilines is 1. The molecule has 0 N–H and O–H groups in total. The van der Waals surface area contributed by atoms with Crippen molar-refractivity contribution in [2.75, 3.05) is 37.7 Å². The van der Waals surface area contributed by atoms with Crippen LogP contribution in [0.2, 0.25) is 0 Å². The van der Waals surface area contributed by atoms with Crippen LogP contribution in [0.3, 0.4) is 0 Å². The molecule has 2 aromatic carbocycles. The van der Waals surface area contributed by atoms with Crippen LogP contribution in [0.1, 0.15) is 49.7 Å². The Morgan fingerprint density at radius 2 is 1.71 bits per heavy atom. The zero-order chi connectivity index (χ0) is 23.7. The third-order valence-corrected chi connectivity index (χ3v) is 7.88. The highest BCUT2D eigenvalue weighted by atomic mass is 16.5. The van der Waals surface area contributed by atoms with Crippen LogP contribution in [0.15, 0.2) is 48.5 Å². The molecule has 3 aromatic rings. The number of aromatic nitrogens is 2. The number of hydrogen-bond acceptors (Lipinski definition) is 4. The number of hydrogen-bond donors (Lipinski definition) is 0. The topological polar surface area (TPSA) is 33.5 Å². The number of fused-ring (bicyclic) bond motifs is 1. The smallest absolute Gasteiger partial charge is 0.140 e. The molecule has 5 heteroatoms. The van der Waals surface area contributed by atoms with Crippen LogP contribution < -0.4 is 4.90 Å². The Bertz CT molecular complexity index is 1130. The summed E-state index contributed by atoms with van der Waals surface area (Å²) in [6.45, 7) is 13.4. The average Bonchev–Trinajstić information content (AvgIpc) is 3.21. The lowest BCUT2D eigenvalue weighted by Crippen LogP contribution is -2.37.